The van der Waals surface area contributed by atoms with Gasteiger partial charge in [-0.1, -0.05) is 36.7 Å². The van der Waals surface area contributed by atoms with Crippen LogP contribution in [0.2, 0.25) is 0 Å². The van der Waals surface area contributed by atoms with Gasteiger partial charge < -0.3 is 9.47 Å². The van der Waals surface area contributed by atoms with Gasteiger partial charge in [0.2, 0.25) is 0 Å². The lowest BCUT2D eigenvalue weighted by molar-refractivity contribution is 0.393. The highest BCUT2D eigenvalue weighted by Crippen LogP contribution is 2.40. The quantitative estimate of drug-likeness (QED) is 0.658. The van der Waals surface area contributed by atoms with Gasteiger partial charge in [0.05, 0.1) is 19.0 Å². The van der Waals surface area contributed by atoms with E-state index in [0.717, 1.165) is 17.1 Å². The Morgan fingerprint density at radius 3 is 2.00 bits per heavy atom. The van der Waals surface area contributed by atoms with Crippen LogP contribution in [0, 0.1) is 0 Å². The van der Waals surface area contributed by atoms with Gasteiger partial charge in [-0.2, -0.15) is 0 Å². The first-order valence-corrected chi connectivity index (χ1v) is 8.55. The summed E-state index contributed by atoms with van der Waals surface area (Å²) in [5, 5.41) is 0. The zero-order valence-electron chi connectivity index (χ0n) is 13.1. The second-order valence-electron chi connectivity index (χ2n) is 5.96. The van der Waals surface area contributed by atoms with E-state index < -0.39 is 0 Å². The van der Waals surface area contributed by atoms with E-state index in [-0.39, 0.29) is 10.2 Å². The van der Waals surface area contributed by atoms with E-state index in [1.54, 1.807) is 14.2 Å². The van der Waals surface area contributed by atoms with Gasteiger partial charge in [-0.15, -0.1) is 11.3 Å². The van der Waals surface area contributed by atoms with Crippen LogP contribution in [0.5, 0.6) is 11.5 Å². The van der Waals surface area contributed by atoms with E-state index in [0.29, 0.717) is 0 Å². The molecule has 4 heteroatoms. The Kier molecular flexibility index (Phi) is 4.99. The molecule has 0 saturated carbocycles. The summed E-state index contributed by atoms with van der Waals surface area (Å²) in [6, 6.07) is 10.4. The number of hydrogen-bond donors (Lipinski definition) is 0. The fourth-order valence-corrected chi connectivity index (χ4v) is 3.80. The first kappa shape index (κ1) is 16.4. The average Bonchev–Trinajstić information content (AvgIpc) is 2.95. The van der Waals surface area contributed by atoms with Crippen molar-refractivity contribution in [3.63, 3.8) is 0 Å². The molecule has 2 nitrogen and oxygen atoms in total. The highest BCUT2D eigenvalue weighted by molar-refractivity contribution is 9.09. The van der Waals surface area contributed by atoms with Crippen LogP contribution in [0.25, 0.3) is 0 Å². The van der Waals surface area contributed by atoms with Crippen molar-refractivity contribution in [1.82, 2.24) is 0 Å². The maximum absolute atomic E-state index is 5.35. The summed E-state index contributed by atoms with van der Waals surface area (Å²) >= 11 is 5.64. The Morgan fingerprint density at radius 2 is 1.57 bits per heavy atom. The first-order chi connectivity index (χ1) is 9.85. The molecule has 21 heavy (non-hydrogen) atoms. The number of benzene rings is 1. The van der Waals surface area contributed by atoms with Gasteiger partial charge in [-0.05, 0) is 35.2 Å². The lowest BCUT2D eigenvalue weighted by Crippen LogP contribution is -2.07. The van der Waals surface area contributed by atoms with Crippen molar-refractivity contribution in [3.05, 3.63) is 45.6 Å². The van der Waals surface area contributed by atoms with Crippen LogP contribution < -0.4 is 9.47 Å². The first-order valence-electron chi connectivity index (χ1n) is 6.82. The summed E-state index contributed by atoms with van der Waals surface area (Å²) in [7, 11) is 3.34. The normalized spacial score (nSPS) is 13.0. The van der Waals surface area contributed by atoms with Crippen LogP contribution >= 0.6 is 27.3 Å². The maximum Gasteiger partial charge on any atom is 0.122 e. The highest BCUT2D eigenvalue weighted by Gasteiger charge is 2.20. The van der Waals surface area contributed by atoms with E-state index in [4.69, 9.17) is 9.47 Å². The monoisotopic (exact) mass is 368 g/mol. The van der Waals surface area contributed by atoms with Crippen molar-refractivity contribution >= 4 is 27.3 Å². The van der Waals surface area contributed by atoms with E-state index in [1.807, 2.05) is 29.5 Å². The van der Waals surface area contributed by atoms with Crippen molar-refractivity contribution in [1.29, 1.82) is 0 Å². The molecular formula is C17H21BrO2S. The minimum absolute atomic E-state index is 0.141. The smallest absolute Gasteiger partial charge is 0.122 e. The Hall–Kier alpha value is -1.00. The van der Waals surface area contributed by atoms with Crippen LogP contribution in [0.15, 0.2) is 30.3 Å². The molecule has 0 bridgehead atoms. The third-order valence-electron chi connectivity index (χ3n) is 3.28. The van der Waals surface area contributed by atoms with Gasteiger partial charge in [0, 0.05) is 15.8 Å². The summed E-state index contributed by atoms with van der Waals surface area (Å²) in [6.45, 7) is 6.71. The Morgan fingerprint density at radius 1 is 1.00 bits per heavy atom. The molecule has 0 aliphatic rings. The van der Waals surface area contributed by atoms with Crippen molar-refractivity contribution in [3.8, 4) is 11.5 Å². The number of ether oxygens (including phenoxy) is 2. The number of alkyl halides is 1. The lowest BCUT2D eigenvalue weighted by Gasteiger charge is -2.16. The second kappa shape index (κ2) is 6.41. The SMILES string of the molecule is COc1cc(OC)cc(C(Br)c2ccc(C(C)(C)C)s2)c1. The zero-order valence-corrected chi connectivity index (χ0v) is 15.5. The van der Waals surface area contributed by atoms with Crippen LogP contribution in [-0.4, -0.2) is 14.2 Å². The lowest BCUT2D eigenvalue weighted by atomic mass is 9.95. The number of halogens is 1. The Labute approximate surface area is 139 Å². The predicted molar refractivity (Wildman–Crippen MR) is 93.3 cm³/mol. The molecule has 1 aromatic heterocycles. The highest BCUT2D eigenvalue weighted by atomic mass is 79.9. The fraction of sp³-hybridized carbons (Fsp3) is 0.412. The molecule has 1 aromatic carbocycles. The summed E-state index contributed by atoms with van der Waals surface area (Å²) in [4.78, 5) is 2.81. The van der Waals surface area contributed by atoms with Crippen LogP contribution in [-0.2, 0) is 5.41 Å². The van der Waals surface area contributed by atoms with Crippen molar-refractivity contribution in [2.45, 2.75) is 31.0 Å². The Balaban J connectivity index is 2.35. The molecule has 0 amide bonds. The largest absolute Gasteiger partial charge is 0.497 e. The van der Waals surface area contributed by atoms with Crippen LogP contribution in [0.4, 0.5) is 0 Å². The molecule has 0 spiro atoms. The molecule has 0 saturated heterocycles. The van der Waals surface area contributed by atoms with Gasteiger partial charge in [-0.3, -0.25) is 0 Å². The molecule has 0 aliphatic carbocycles. The van der Waals surface area contributed by atoms with Crippen molar-refractivity contribution in [2.24, 2.45) is 0 Å². The standard InChI is InChI=1S/C17H21BrO2S/c1-17(2,3)15-7-6-14(21-15)16(18)11-8-12(19-4)10-13(9-11)20-5/h6-10,16H,1-5H3. The van der Waals surface area contributed by atoms with E-state index in [2.05, 4.69) is 48.8 Å². The molecular weight excluding hydrogens is 348 g/mol. The zero-order chi connectivity index (χ0) is 15.6. The Bertz CT molecular complexity index is 591. The molecule has 2 rings (SSSR count). The minimum Gasteiger partial charge on any atom is -0.497 e. The summed E-state index contributed by atoms with van der Waals surface area (Å²) in [5.41, 5.74) is 1.32. The number of hydrogen-bond acceptors (Lipinski definition) is 3. The van der Waals surface area contributed by atoms with Gasteiger partial charge in [-0.25, -0.2) is 0 Å². The molecule has 1 unspecified atom stereocenters. The average molecular weight is 369 g/mol. The van der Waals surface area contributed by atoms with Gasteiger partial charge in [0.15, 0.2) is 0 Å². The predicted octanol–water partition coefficient (Wildman–Crippen LogP) is 5.55. The number of rotatable bonds is 4. The van der Waals surface area contributed by atoms with E-state index in [1.165, 1.54) is 9.75 Å². The summed E-state index contributed by atoms with van der Waals surface area (Å²) < 4.78 is 10.7. The van der Waals surface area contributed by atoms with E-state index >= 15 is 0 Å². The second-order valence-corrected chi connectivity index (χ2v) is 7.99. The maximum atomic E-state index is 5.35. The van der Waals surface area contributed by atoms with Crippen LogP contribution in [0.1, 0.15) is 40.9 Å². The molecule has 1 heterocycles. The van der Waals surface area contributed by atoms with Crippen LogP contribution in [0.3, 0.4) is 0 Å². The van der Waals surface area contributed by atoms with Crippen molar-refractivity contribution in [2.75, 3.05) is 14.2 Å². The summed E-state index contributed by atoms with van der Waals surface area (Å²) in [5.74, 6) is 1.61. The molecule has 0 fully saturated rings. The van der Waals surface area contributed by atoms with Gasteiger partial charge >= 0.3 is 0 Å². The van der Waals surface area contributed by atoms with Crippen molar-refractivity contribution < 1.29 is 9.47 Å². The van der Waals surface area contributed by atoms with Gasteiger partial charge in [0.25, 0.3) is 0 Å². The number of methoxy groups -OCH3 is 2. The number of thiophene rings is 1. The third kappa shape index (κ3) is 3.80. The fourth-order valence-electron chi connectivity index (χ4n) is 2.03. The molecule has 1 atom stereocenters. The van der Waals surface area contributed by atoms with E-state index in [9.17, 15) is 0 Å². The molecule has 2 aromatic rings. The minimum atomic E-state index is 0.141. The molecule has 114 valence electrons. The topological polar surface area (TPSA) is 18.5 Å². The molecule has 0 aliphatic heterocycles. The summed E-state index contributed by atoms with van der Waals surface area (Å²) in [6.07, 6.45) is 0. The molecule has 0 N–H and O–H groups in total. The van der Waals surface area contributed by atoms with Gasteiger partial charge in [0.1, 0.15) is 11.5 Å². The molecule has 0 radical (unpaired) electrons. The third-order valence-corrected chi connectivity index (χ3v) is 6.18.